The van der Waals surface area contributed by atoms with Crippen LogP contribution in [0, 0.1) is 0 Å². The van der Waals surface area contributed by atoms with Gasteiger partial charge >= 0.3 is 0 Å². The lowest BCUT2D eigenvalue weighted by Gasteiger charge is -2.35. The maximum Gasteiger partial charge on any atom is 0.0980 e. The summed E-state index contributed by atoms with van der Waals surface area (Å²) in [5.74, 6) is 0. The summed E-state index contributed by atoms with van der Waals surface area (Å²) in [5, 5.41) is 12.7. The first-order valence-electron chi connectivity index (χ1n) is 7.21. The van der Waals surface area contributed by atoms with Gasteiger partial charge in [-0.25, -0.2) is 0 Å². The Hall–Kier alpha value is -0.620. The molecule has 1 aromatic rings. The molecule has 0 spiro atoms. The van der Waals surface area contributed by atoms with Crippen molar-refractivity contribution in [3.8, 4) is 0 Å². The molecule has 2 rings (SSSR count). The van der Waals surface area contributed by atoms with Gasteiger partial charge in [-0.05, 0) is 30.7 Å². The first-order chi connectivity index (χ1) is 9.74. The van der Waals surface area contributed by atoms with Gasteiger partial charge in [-0.15, -0.1) is 0 Å². The Morgan fingerprint density at radius 3 is 3.10 bits per heavy atom. The minimum absolute atomic E-state index is 0.0773. The number of nitrogens with zero attached hydrogens (tertiary/aromatic N) is 1. The van der Waals surface area contributed by atoms with Crippen molar-refractivity contribution < 1.29 is 9.84 Å². The largest absolute Gasteiger partial charge is 0.394 e. The summed E-state index contributed by atoms with van der Waals surface area (Å²) in [6, 6.07) is 6.39. The third-order valence-corrected chi connectivity index (χ3v) is 3.97. The quantitative estimate of drug-likeness (QED) is 0.777. The molecule has 1 aliphatic rings. The fourth-order valence-corrected chi connectivity index (χ4v) is 2.78. The van der Waals surface area contributed by atoms with Crippen molar-refractivity contribution in [2.75, 3.05) is 37.7 Å². The molecule has 0 aliphatic carbocycles. The van der Waals surface area contributed by atoms with E-state index in [0.29, 0.717) is 6.61 Å². The van der Waals surface area contributed by atoms with Crippen molar-refractivity contribution >= 4 is 21.6 Å². The predicted molar refractivity (Wildman–Crippen MR) is 85.2 cm³/mol. The van der Waals surface area contributed by atoms with Crippen LogP contribution in [0.15, 0.2) is 22.7 Å². The molecule has 1 fully saturated rings. The molecule has 20 heavy (non-hydrogen) atoms. The van der Waals surface area contributed by atoms with Crippen LogP contribution in [-0.2, 0) is 11.3 Å². The first kappa shape index (κ1) is 15.8. The van der Waals surface area contributed by atoms with Crippen molar-refractivity contribution in [1.82, 2.24) is 5.32 Å². The lowest BCUT2D eigenvalue weighted by atomic mass is 10.1. The molecule has 0 aromatic heterocycles. The Balaban J connectivity index is 2.13. The van der Waals surface area contributed by atoms with E-state index in [0.717, 1.165) is 37.1 Å². The number of nitrogens with one attached hydrogen (secondary N) is 1. The second-order valence-electron chi connectivity index (χ2n) is 5.07. The lowest BCUT2D eigenvalue weighted by molar-refractivity contribution is 0.00352. The lowest BCUT2D eigenvalue weighted by Crippen LogP contribution is -2.44. The van der Waals surface area contributed by atoms with Crippen molar-refractivity contribution in [1.29, 1.82) is 0 Å². The third-order valence-electron chi connectivity index (χ3n) is 3.47. The monoisotopic (exact) mass is 342 g/mol. The maximum atomic E-state index is 9.28. The number of ether oxygens (including phenoxy) is 1. The Labute approximate surface area is 129 Å². The SMILES string of the molecule is CCCNCc1ccc(Br)cc1N1CCOC(CO)C1. The van der Waals surface area contributed by atoms with Crippen LogP contribution >= 0.6 is 15.9 Å². The number of aliphatic hydroxyl groups is 1. The van der Waals surface area contributed by atoms with Crippen LogP contribution in [0.5, 0.6) is 0 Å². The summed E-state index contributed by atoms with van der Waals surface area (Å²) >= 11 is 3.55. The van der Waals surface area contributed by atoms with Gasteiger partial charge in [0.05, 0.1) is 19.3 Å². The summed E-state index contributed by atoms with van der Waals surface area (Å²) in [4.78, 5) is 2.30. The fraction of sp³-hybridized carbons (Fsp3) is 0.600. The number of halogens is 1. The van der Waals surface area contributed by atoms with Crippen molar-refractivity contribution in [3.63, 3.8) is 0 Å². The molecule has 0 amide bonds. The molecule has 1 heterocycles. The molecular formula is C15H23BrN2O2. The van der Waals surface area contributed by atoms with E-state index in [2.05, 4.69) is 51.3 Å². The molecule has 0 saturated carbocycles. The molecule has 5 heteroatoms. The van der Waals surface area contributed by atoms with Gasteiger partial charge < -0.3 is 20.1 Å². The normalized spacial score (nSPS) is 19.4. The number of aliphatic hydroxyl groups excluding tert-OH is 1. The highest BCUT2D eigenvalue weighted by molar-refractivity contribution is 9.10. The highest BCUT2D eigenvalue weighted by Gasteiger charge is 2.21. The van der Waals surface area contributed by atoms with Crippen LogP contribution in [0.1, 0.15) is 18.9 Å². The molecular weight excluding hydrogens is 320 g/mol. The molecule has 1 saturated heterocycles. The van der Waals surface area contributed by atoms with Crippen LogP contribution < -0.4 is 10.2 Å². The van der Waals surface area contributed by atoms with Crippen LogP contribution in [-0.4, -0.2) is 44.1 Å². The summed E-state index contributed by atoms with van der Waals surface area (Å²) < 4.78 is 6.61. The zero-order valence-corrected chi connectivity index (χ0v) is 13.5. The molecule has 1 atom stereocenters. The number of hydrogen-bond acceptors (Lipinski definition) is 4. The Morgan fingerprint density at radius 2 is 2.35 bits per heavy atom. The van der Waals surface area contributed by atoms with Gasteiger partial charge in [0.15, 0.2) is 0 Å². The van der Waals surface area contributed by atoms with Crippen LogP contribution in [0.4, 0.5) is 5.69 Å². The van der Waals surface area contributed by atoms with E-state index in [-0.39, 0.29) is 12.7 Å². The highest BCUT2D eigenvalue weighted by Crippen LogP contribution is 2.27. The van der Waals surface area contributed by atoms with Gasteiger partial charge in [-0.2, -0.15) is 0 Å². The Bertz CT molecular complexity index is 428. The van der Waals surface area contributed by atoms with Gasteiger partial charge in [-0.1, -0.05) is 28.9 Å². The van der Waals surface area contributed by atoms with Gasteiger partial charge in [0.2, 0.25) is 0 Å². The molecule has 0 radical (unpaired) electrons. The van der Waals surface area contributed by atoms with E-state index in [1.54, 1.807) is 0 Å². The zero-order valence-electron chi connectivity index (χ0n) is 11.9. The molecule has 1 aliphatic heterocycles. The number of benzene rings is 1. The average Bonchev–Trinajstić information content (AvgIpc) is 2.49. The van der Waals surface area contributed by atoms with E-state index in [4.69, 9.17) is 4.74 Å². The third kappa shape index (κ3) is 4.19. The maximum absolute atomic E-state index is 9.28. The summed E-state index contributed by atoms with van der Waals surface area (Å²) in [7, 11) is 0. The molecule has 2 N–H and O–H groups in total. The Morgan fingerprint density at radius 1 is 1.50 bits per heavy atom. The highest BCUT2D eigenvalue weighted by atomic mass is 79.9. The van der Waals surface area contributed by atoms with Crippen molar-refractivity contribution in [3.05, 3.63) is 28.2 Å². The molecule has 1 unspecified atom stereocenters. The van der Waals surface area contributed by atoms with Gasteiger partial charge in [0.25, 0.3) is 0 Å². The molecule has 112 valence electrons. The van der Waals surface area contributed by atoms with Gasteiger partial charge in [0.1, 0.15) is 0 Å². The summed E-state index contributed by atoms with van der Waals surface area (Å²) in [5.41, 5.74) is 2.52. The second-order valence-corrected chi connectivity index (χ2v) is 5.99. The van der Waals surface area contributed by atoms with E-state index in [1.807, 2.05) is 0 Å². The van der Waals surface area contributed by atoms with Crippen molar-refractivity contribution in [2.24, 2.45) is 0 Å². The summed E-state index contributed by atoms with van der Waals surface area (Å²) in [6.07, 6.45) is 1.05. The van der Waals surface area contributed by atoms with Gasteiger partial charge in [0, 0.05) is 29.8 Å². The molecule has 0 bridgehead atoms. The van der Waals surface area contributed by atoms with Crippen LogP contribution in [0.25, 0.3) is 0 Å². The van der Waals surface area contributed by atoms with E-state index in [9.17, 15) is 5.11 Å². The topological polar surface area (TPSA) is 44.7 Å². The minimum atomic E-state index is -0.0841. The minimum Gasteiger partial charge on any atom is -0.394 e. The average molecular weight is 343 g/mol. The number of hydrogen-bond donors (Lipinski definition) is 2. The smallest absolute Gasteiger partial charge is 0.0980 e. The van der Waals surface area contributed by atoms with Crippen LogP contribution in [0.2, 0.25) is 0 Å². The first-order valence-corrected chi connectivity index (χ1v) is 8.00. The number of rotatable bonds is 6. The van der Waals surface area contributed by atoms with Crippen molar-refractivity contribution in [2.45, 2.75) is 26.0 Å². The van der Waals surface area contributed by atoms with E-state index in [1.165, 1.54) is 11.3 Å². The fourth-order valence-electron chi connectivity index (χ4n) is 2.43. The zero-order chi connectivity index (χ0) is 14.4. The summed E-state index contributed by atoms with van der Waals surface area (Å²) in [6.45, 7) is 6.42. The Kier molecular flexibility index (Phi) is 6.29. The van der Waals surface area contributed by atoms with E-state index >= 15 is 0 Å². The number of morpholine rings is 1. The standard InChI is InChI=1S/C15H23BrN2O2/c1-2-5-17-9-12-3-4-13(16)8-15(12)18-6-7-20-14(10-18)11-19/h3-4,8,14,17,19H,2,5-7,9-11H2,1H3. The van der Waals surface area contributed by atoms with E-state index < -0.39 is 0 Å². The van der Waals surface area contributed by atoms with Gasteiger partial charge in [-0.3, -0.25) is 0 Å². The number of anilines is 1. The molecule has 4 nitrogen and oxygen atoms in total. The predicted octanol–water partition coefficient (Wildman–Crippen LogP) is 2.15. The second kappa shape index (κ2) is 7.98. The molecule has 1 aromatic carbocycles. The van der Waals surface area contributed by atoms with Crippen LogP contribution in [0.3, 0.4) is 0 Å².